The van der Waals surface area contributed by atoms with E-state index in [0.29, 0.717) is 24.8 Å². The Morgan fingerprint density at radius 2 is 2.00 bits per heavy atom. The van der Waals surface area contributed by atoms with E-state index < -0.39 is 16.7 Å². The fourth-order valence-electron chi connectivity index (χ4n) is 5.26. The van der Waals surface area contributed by atoms with Gasteiger partial charge in [-0.1, -0.05) is 19.3 Å². The molecule has 1 saturated carbocycles. The van der Waals surface area contributed by atoms with Gasteiger partial charge < -0.3 is 4.74 Å². The largest absolute Gasteiger partial charge is 0.364 e. The van der Waals surface area contributed by atoms with Crippen molar-refractivity contribution in [3.8, 4) is 0 Å². The number of rotatable bonds is 4. The molecule has 9 heteroatoms. The summed E-state index contributed by atoms with van der Waals surface area (Å²) in [5, 5.41) is 8.76. The van der Waals surface area contributed by atoms with Crippen LogP contribution in [0.3, 0.4) is 0 Å². The first-order valence-electron chi connectivity index (χ1n) is 11.1. The molecule has 1 atom stereocenters. The zero-order chi connectivity index (χ0) is 20.7. The van der Waals surface area contributed by atoms with Crippen molar-refractivity contribution in [2.24, 2.45) is 13.0 Å². The van der Waals surface area contributed by atoms with Crippen LogP contribution in [0.15, 0.2) is 22.0 Å². The molecule has 3 aliphatic rings. The van der Waals surface area contributed by atoms with Crippen LogP contribution < -0.4 is 11.1 Å². The number of fused-ring (bicyclic) bond motifs is 1. The minimum absolute atomic E-state index is 0.279. The van der Waals surface area contributed by atoms with Gasteiger partial charge >= 0.3 is 11.1 Å². The summed E-state index contributed by atoms with van der Waals surface area (Å²) >= 11 is 0. The highest BCUT2D eigenvalue weighted by Crippen LogP contribution is 2.32. The number of hydrogen-bond donors (Lipinski definition) is 0. The van der Waals surface area contributed by atoms with E-state index in [9.17, 15) is 9.59 Å². The smallest absolute Gasteiger partial charge is 0.332 e. The highest BCUT2D eigenvalue weighted by molar-refractivity contribution is 5.06. The fraction of sp³-hybridized carbons (Fsp3) is 0.714. The minimum Gasteiger partial charge on any atom is -0.364 e. The summed E-state index contributed by atoms with van der Waals surface area (Å²) in [5.74, 6) is 1.02. The highest BCUT2D eigenvalue weighted by atomic mass is 16.5. The molecular formula is C21H30N6O3. The average Bonchev–Trinajstić information content (AvgIpc) is 3.33. The molecule has 0 amide bonds. The molecule has 0 bridgehead atoms. The van der Waals surface area contributed by atoms with E-state index in [2.05, 4.69) is 15.1 Å². The first-order chi connectivity index (χ1) is 14.5. The van der Waals surface area contributed by atoms with Crippen molar-refractivity contribution in [1.29, 1.82) is 0 Å². The lowest BCUT2D eigenvalue weighted by Gasteiger charge is -2.35. The highest BCUT2D eigenvalue weighted by Gasteiger charge is 2.43. The Morgan fingerprint density at radius 1 is 1.17 bits per heavy atom. The van der Waals surface area contributed by atoms with Gasteiger partial charge in [-0.2, -0.15) is 10.2 Å². The topological polar surface area (TPSA) is 87.2 Å². The molecule has 0 unspecified atom stereocenters. The summed E-state index contributed by atoms with van der Waals surface area (Å²) in [6.45, 7) is 3.66. The number of ether oxygens (including phenoxy) is 1. The Morgan fingerprint density at radius 3 is 2.77 bits per heavy atom. The first-order valence-corrected chi connectivity index (χ1v) is 11.1. The SMILES string of the molecule is Cn1cc(CN2CC[C@@]3(C2)Cn2c(nn(CC4CCCCC4)c(=O)c2=O)CO3)cn1. The summed E-state index contributed by atoms with van der Waals surface area (Å²) in [4.78, 5) is 28.0. The number of hydrogen-bond acceptors (Lipinski definition) is 6. The van der Waals surface area contributed by atoms with E-state index in [1.54, 1.807) is 9.25 Å². The van der Waals surface area contributed by atoms with Gasteiger partial charge in [0.25, 0.3) is 0 Å². The number of likely N-dealkylation sites (tertiary alicyclic amines) is 1. The molecule has 1 saturated heterocycles. The van der Waals surface area contributed by atoms with Crippen molar-refractivity contribution in [3.05, 3.63) is 44.5 Å². The van der Waals surface area contributed by atoms with E-state index in [1.807, 2.05) is 19.4 Å². The van der Waals surface area contributed by atoms with E-state index >= 15 is 0 Å². The van der Waals surface area contributed by atoms with Crippen LogP contribution in [0.25, 0.3) is 0 Å². The Kier molecular flexibility index (Phi) is 5.10. The Labute approximate surface area is 175 Å². The van der Waals surface area contributed by atoms with Crippen molar-refractivity contribution in [1.82, 2.24) is 29.0 Å². The van der Waals surface area contributed by atoms with Gasteiger partial charge in [-0.25, -0.2) is 4.68 Å². The molecule has 0 radical (unpaired) electrons. The van der Waals surface area contributed by atoms with Crippen LogP contribution >= 0.6 is 0 Å². The quantitative estimate of drug-likeness (QED) is 0.691. The molecular weight excluding hydrogens is 384 g/mol. The van der Waals surface area contributed by atoms with Crippen LogP contribution in [0.1, 0.15) is 49.9 Å². The lowest BCUT2D eigenvalue weighted by Crippen LogP contribution is -2.53. The molecule has 2 fully saturated rings. The molecule has 4 heterocycles. The van der Waals surface area contributed by atoms with Crippen molar-refractivity contribution in [2.75, 3.05) is 13.1 Å². The fourth-order valence-corrected chi connectivity index (χ4v) is 5.26. The lowest BCUT2D eigenvalue weighted by molar-refractivity contribution is -0.0860. The molecule has 162 valence electrons. The summed E-state index contributed by atoms with van der Waals surface area (Å²) in [7, 11) is 1.91. The second kappa shape index (κ2) is 7.77. The van der Waals surface area contributed by atoms with E-state index in [0.717, 1.165) is 44.5 Å². The molecule has 0 aromatic carbocycles. The Bertz CT molecular complexity index is 1030. The number of aromatic nitrogens is 5. The van der Waals surface area contributed by atoms with Gasteiger partial charge in [-0.3, -0.25) is 23.7 Å². The normalized spacial score (nSPS) is 25.1. The second-order valence-electron chi connectivity index (χ2n) is 9.25. The van der Waals surface area contributed by atoms with E-state index in [4.69, 9.17) is 4.74 Å². The molecule has 2 aromatic heterocycles. The van der Waals surface area contributed by atoms with Crippen molar-refractivity contribution in [2.45, 2.75) is 70.4 Å². The van der Waals surface area contributed by atoms with Gasteiger partial charge in [-0.05, 0) is 25.2 Å². The third-order valence-electron chi connectivity index (χ3n) is 6.88. The van der Waals surface area contributed by atoms with Gasteiger partial charge in [0.15, 0.2) is 5.82 Å². The zero-order valence-electron chi connectivity index (χ0n) is 17.6. The number of aryl methyl sites for hydroxylation is 1. The molecule has 0 N–H and O–H groups in total. The molecule has 2 aromatic rings. The van der Waals surface area contributed by atoms with Crippen LogP contribution in [0.4, 0.5) is 0 Å². The van der Waals surface area contributed by atoms with Crippen molar-refractivity contribution < 1.29 is 4.74 Å². The summed E-state index contributed by atoms with van der Waals surface area (Å²) < 4.78 is 11.0. The van der Waals surface area contributed by atoms with Gasteiger partial charge in [0, 0.05) is 45.0 Å². The standard InChI is InChI=1S/C21H30N6O3/c1-24-10-17(9-22-24)11-25-8-7-21(14-25)15-26-18(13-30-21)23-27(20(29)19(26)28)12-16-5-3-2-4-6-16/h9-10,16H,2-8,11-15H2,1H3/t21-/m1/s1. The molecule has 9 nitrogen and oxygen atoms in total. The van der Waals surface area contributed by atoms with Crippen LogP contribution in [-0.2, 0) is 38.0 Å². The van der Waals surface area contributed by atoms with E-state index in [-0.39, 0.29) is 6.61 Å². The Balaban J connectivity index is 1.32. The summed E-state index contributed by atoms with van der Waals surface area (Å²) in [6.07, 6.45) is 10.6. The van der Waals surface area contributed by atoms with Gasteiger partial charge in [0.2, 0.25) is 0 Å². The maximum absolute atomic E-state index is 12.9. The molecule has 5 rings (SSSR count). The van der Waals surface area contributed by atoms with Crippen molar-refractivity contribution in [3.63, 3.8) is 0 Å². The van der Waals surface area contributed by atoms with Crippen LogP contribution in [0, 0.1) is 5.92 Å². The van der Waals surface area contributed by atoms with Crippen LogP contribution in [0.5, 0.6) is 0 Å². The van der Waals surface area contributed by atoms with Gasteiger partial charge in [0.05, 0.1) is 12.7 Å². The second-order valence-corrected chi connectivity index (χ2v) is 9.25. The third-order valence-corrected chi connectivity index (χ3v) is 6.88. The summed E-state index contributed by atoms with van der Waals surface area (Å²) in [5.41, 5.74) is -0.214. The number of nitrogens with zero attached hydrogens (tertiary/aromatic N) is 6. The van der Waals surface area contributed by atoms with Crippen LogP contribution in [-0.4, -0.2) is 47.7 Å². The first kappa shape index (κ1) is 19.7. The predicted molar refractivity (Wildman–Crippen MR) is 110 cm³/mol. The van der Waals surface area contributed by atoms with Gasteiger partial charge in [-0.15, -0.1) is 0 Å². The zero-order valence-corrected chi connectivity index (χ0v) is 17.6. The van der Waals surface area contributed by atoms with E-state index in [1.165, 1.54) is 23.9 Å². The van der Waals surface area contributed by atoms with Gasteiger partial charge in [0.1, 0.15) is 12.2 Å². The maximum Gasteiger partial charge on any atom is 0.332 e. The predicted octanol–water partition coefficient (Wildman–Crippen LogP) is 0.894. The minimum atomic E-state index is -0.494. The third kappa shape index (κ3) is 3.76. The molecule has 2 aliphatic heterocycles. The maximum atomic E-state index is 12.9. The summed E-state index contributed by atoms with van der Waals surface area (Å²) in [6, 6.07) is 0. The monoisotopic (exact) mass is 414 g/mol. The molecule has 30 heavy (non-hydrogen) atoms. The molecule has 1 spiro atoms. The Hall–Kier alpha value is -2.26. The van der Waals surface area contributed by atoms with Crippen LogP contribution in [0.2, 0.25) is 0 Å². The lowest BCUT2D eigenvalue weighted by atomic mass is 9.89. The average molecular weight is 415 g/mol. The van der Waals surface area contributed by atoms with Crippen molar-refractivity contribution >= 4 is 0 Å². The molecule has 1 aliphatic carbocycles.